The molecule has 1 aliphatic heterocycles. The van der Waals surface area contributed by atoms with Gasteiger partial charge in [0.2, 0.25) is 5.91 Å². The standard InChI is InChI=1S/C11H22N2O4S/c1-12(2)7-9-6-10(14)8-13(9)11(15)4-5-18(3,16)17/h9-10,14H,4-8H2,1-3H3. The van der Waals surface area contributed by atoms with E-state index in [0.29, 0.717) is 19.5 Å². The maximum atomic E-state index is 12.0. The van der Waals surface area contributed by atoms with Crippen molar-refractivity contribution in [2.75, 3.05) is 39.2 Å². The maximum absolute atomic E-state index is 12.0. The van der Waals surface area contributed by atoms with Gasteiger partial charge in [-0.1, -0.05) is 0 Å². The van der Waals surface area contributed by atoms with Crippen molar-refractivity contribution >= 4 is 15.7 Å². The number of amides is 1. The Morgan fingerprint density at radius 1 is 1.44 bits per heavy atom. The van der Waals surface area contributed by atoms with Crippen LogP contribution in [0.2, 0.25) is 0 Å². The Labute approximate surface area is 108 Å². The maximum Gasteiger partial charge on any atom is 0.223 e. The highest BCUT2D eigenvalue weighted by Crippen LogP contribution is 2.19. The Kier molecular flexibility index (Phi) is 5.12. The highest BCUT2D eigenvalue weighted by molar-refractivity contribution is 7.90. The van der Waals surface area contributed by atoms with Crippen molar-refractivity contribution in [3.8, 4) is 0 Å². The number of carbonyl (C=O) groups excluding carboxylic acids is 1. The van der Waals surface area contributed by atoms with Crippen LogP contribution < -0.4 is 0 Å². The fourth-order valence-corrected chi connectivity index (χ4v) is 2.75. The van der Waals surface area contributed by atoms with E-state index >= 15 is 0 Å². The van der Waals surface area contributed by atoms with E-state index < -0.39 is 15.9 Å². The number of aliphatic hydroxyl groups excluding tert-OH is 1. The number of likely N-dealkylation sites (N-methyl/N-ethyl adjacent to an activating group) is 1. The molecule has 0 spiro atoms. The van der Waals surface area contributed by atoms with Crippen molar-refractivity contribution in [3.63, 3.8) is 0 Å². The minimum atomic E-state index is -3.12. The monoisotopic (exact) mass is 278 g/mol. The van der Waals surface area contributed by atoms with Crippen LogP contribution >= 0.6 is 0 Å². The van der Waals surface area contributed by atoms with Gasteiger partial charge in [0, 0.05) is 31.8 Å². The molecule has 0 aliphatic carbocycles. The highest BCUT2D eigenvalue weighted by Gasteiger charge is 2.34. The van der Waals surface area contributed by atoms with Gasteiger partial charge in [0.25, 0.3) is 0 Å². The molecule has 0 saturated carbocycles. The summed E-state index contributed by atoms with van der Waals surface area (Å²) in [6.07, 6.45) is 1.17. The molecule has 0 radical (unpaired) electrons. The summed E-state index contributed by atoms with van der Waals surface area (Å²) in [6.45, 7) is 0.989. The Hall–Kier alpha value is -0.660. The van der Waals surface area contributed by atoms with Crippen molar-refractivity contribution in [2.45, 2.75) is 25.0 Å². The summed E-state index contributed by atoms with van der Waals surface area (Å²) >= 11 is 0. The lowest BCUT2D eigenvalue weighted by Gasteiger charge is -2.26. The summed E-state index contributed by atoms with van der Waals surface area (Å²) in [6, 6.07) is -0.0259. The highest BCUT2D eigenvalue weighted by atomic mass is 32.2. The van der Waals surface area contributed by atoms with E-state index in [-0.39, 0.29) is 24.1 Å². The quantitative estimate of drug-likeness (QED) is 0.694. The fourth-order valence-electron chi connectivity index (χ4n) is 2.21. The zero-order valence-corrected chi connectivity index (χ0v) is 12.0. The lowest BCUT2D eigenvalue weighted by atomic mass is 10.2. The van der Waals surface area contributed by atoms with E-state index in [2.05, 4.69) is 0 Å². The fraction of sp³-hybridized carbons (Fsp3) is 0.909. The zero-order valence-electron chi connectivity index (χ0n) is 11.2. The van der Waals surface area contributed by atoms with Gasteiger partial charge in [0.15, 0.2) is 0 Å². The number of carbonyl (C=O) groups is 1. The van der Waals surface area contributed by atoms with E-state index in [0.717, 1.165) is 6.26 Å². The molecule has 1 heterocycles. The first-order chi connectivity index (χ1) is 8.19. The average Bonchev–Trinajstić information content (AvgIpc) is 2.53. The van der Waals surface area contributed by atoms with Gasteiger partial charge >= 0.3 is 0 Å². The van der Waals surface area contributed by atoms with Gasteiger partial charge in [-0.15, -0.1) is 0 Å². The number of likely N-dealkylation sites (tertiary alicyclic amines) is 1. The number of rotatable bonds is 5. The van der Waals surface area contributed by atoms with E-state index in [1.165, 1.54) is 0 Å². The van der Waals surface area contributed by atoms with Crippen molar-refractivity contribution in [1.29, 1.82) is 0 Å². The number of hydrogen-bond donors (Lipinski definition) is 1. The predicted octanol–water partition coefficient (Wildman–Crippen LogP) is -1.06. The summed E-state index contributed by atoms with van der Waals surface area (Å²) in [5, 5.41) is 9.63. The summed E-state index contributed by atoms with van der Waals surface area (Å²) in [5.74, 6) is -0.323. The SMILES string of the molecule is CN(C)CC1CC(O)CN1C(=O)CCS(C)(=O)=O. The third kappa shape index (κ3) is 4.91. The Morgan fingerprint density at radius 3 is 2.56 bits per heavy atom. The largest absolute Gasteiger partial charge is 0.391 e. The lowest BCUT2D eigenvalue weighted by Crippen LogP contribution is -2.41. The van der Waals surface area contributed by atoms with Gasteiger partial charge in [-0.3, -0.25) is 4.79 Å². The number of nitrogens with zero attached hydrogens (tertiary/aromatic N) is 2. The molecular weight excluding hydrogens is 256 g/mol. The van der Waals surface area contributed by atoms with Crippen molar-refractivity contribution in [2.24, 2.45) is 0 Å². The smallest absolute Gasteiger partial charge is 0.223 e. The third-order valence-electron chi connectivity index (χ3n) is 2.98. The molecule has 0 aromatic heterocycles. The first-order valence-corrected chi connectivity index (χ1v) is 8.05. The number of sulfone groups is 1. The molecule has 0 aromatic carbocycles. The summed E-state index contributed by atoms with van der Waals surface area (Å²) in [5.41, 5.74) is 0. The van der Waals surface area contributed by atoms with Gasteiger partial charge < -0.3 is 14.9 Å². The van der Waals surface area contributed by atoms with Crippen LogP contribution in [0.1, 0.15) is 12.8 Å². The molecule has 0 aromatic rings. The molecule has 106 valence electrons. The van der Waals surface area contributed by atoms with Crippen LogP contribution in [0.3, 0.4) is 0 Å². The van der Waals surface area contributed by atoms with E-state index in [9.17, 15) is 18.3 Å². The Bertz CT molecular complexity index is 394. The Morgan fingerprint density at radius 2 is 2.06 bits per heavy atom. The Balaban J connectivity index is 2.59. The van der Waals surface area contributed by atoms with Crippen LogP contribution in [0.15, 0.2) is 0 Å². The molecule has 0 bridgehead atoms. The number of aliphatic hydroxyl groups is 1. The van der Waals surface area contributed by atoms with Crippen LogP contribution in [0.25, 0.3) is 0 Å². The van der Waals surface area contributed by atoms with E-state index in [1.807, 2.05) is 19.0 Å². The molecule has 1 saturated heterocycles. The van der Waals surface area contributed by atoms with E-state index in [4.69, 9.17) is 0 Å². The molecule has 6 nitrogen and oxygen atoms in total. The van der Waals surface area contributed by atoms with Gasteiger partial charge in [0.05, 0.1) is 11.9 Å². The summed E-state index contributed by atoms with van der Waals surface area (Å²) in [4.78, 5) is 15.5. The van der Waals surface area contributed by atoms with Crippen molar-refractivity contribution in [3.05, 3.63) is 0 Å². The van der Waals surface area contributed by atoms with Crippen LogP contribution in [-0.4, -0.2) is 80.6 Å². The van der Waals surface area contributed by atoms with E-state index in [1.54, 1.807) is 4.90 Å². The molecule has 2 atom stereocenters. The number of hydrogen-bond acceptors (Lipinski definition) is 5. The molecule has 1 N–H and O–H groups in total. The minimum Gasteiger partial charge on any atom is -0.391 e. The van der Waals surface area contributed by atoms with Gasteiger partial charge in [-0.25, -0.2) is 8.42 Å². The molecule has 7 heteroatoms. The zero-order chi connectivity index (χ0) is 13.9. The van der Waals surface area contributed by atoms with Gasteiger partial charge in [-0.05, 0) is 20.5 Å². The van der Waals surface area contributed by atoms with Crippen LogP contribution in [-0.2, 0) is 14.6 Å². The number of β-amino-alcohol motifs (C(OH)–C–C–N with tert-alkyl or cyclic N) is 1. The van der Waals surface area contributed by atoms with Crippen LogP contribution in [0.4, 0.5) is 0 Å². The molecule has 1 rings (SSSR count). The van der Waals surface area contributed by atoms with Crippen molar-refractivity contribution in [1.82, 2.24) is 9.80 Å². The molecular formula is C11H22N2O4S. The first kappa shape index (κ1) is 15.4. The lowest BCUT2D eigenvalue weighted by molar-refractivity contribution is -0.132. The van der Waals surface area contributed by atoms with Crippen LogP contribution in [0.5, 0.6) is 0 Å². The molecule has 1 aliphatic rings. The third-order valence-corrected chi connectivity index (χ3v) is 3.92. The second-order valence-electron chi connectivity index (χ2n) is 5.23. The summed E-state index contributed by atoms with van der Waals surface area (Å²) < 4.78 is 22.1. The molecule has 2 unspecified atom stereocenters. The van der Waals surface area contributed by atoms with Crippen molar-refractivity contribution < 1.29 is 18.3 Å². The predicted molar refractivity (Wildman–Crippen MR) is 69.0 cm³/mol. The molecule has 1 fully saturated rings. The summed E-state index contributed by atoms with van der Waals surface area (Å²) in [7, 11) is 0.690. The molecule has 18 heavy (non-hydrogen) atoms. The van der Waals surface area contributed by atoms with Gasteiger partial charge in [-0.2, -0.15) is 0 Å². The van der Waals surface area contributed by atoms with Gasteiger partial charge in [0.1, 0.15) is 9.84 Å². The first-order valence-electron chi connectivity index (χ1n) is 5.99. The molecule has 1 amide bonds. The average molecular weight is 278 g/mol. The minimum absolute atomic E-state index is 0.00448. The second kappa shape index (κ2) is 5.99. The topological polar surface area (TPSA) is 77.9 Å². The van der Waals surface area contributed by atoms with Crippen LogP contribution in [0, 0.1) is 0 Å². The normalized spacial score (nSPS) is 24.8. The second-order valence-corrected chi connectivity index (χ2v) is 7.49.